The van der Waals surface area contributed by atoms with Crippen molar-refractivity contribution in [1.29, 1.82) is 0 Å². The van der Waals surface area contributed by atoms with Crippen LogP contribution in [0, 0.1) is 18.6 Å². The number of rotatable bonds is 4. The van der Waals surface area contributed by atoms with Crippen LogP contribution in [0.2, 0.25) is 0 Å². The molecule has 0 radical (unpaired) electrons. The quantitative estimate of drug-likeness (QED) is 0.868. The van der Waals surface area contributed by atoms with Gasteiger partial charge in [-0.2, -0.15) is 0 Å². The van der Waals surface area contributed by atoms with Crippen LogP contribution in [0.3, 0.4) is 0 Å². The molecule has 1 aliphatic heterocycles. The van der Waals surface area contributed by atoms with Gasteiger partial charge in [-0.3, -0.25) is 4.90 Å². The SMILES string of the molecule is Cc1cnc(OC2CCN(Cc3ccc(F)c(F)c3)CC2)nc1. The summed E-state index contributed by atoms with van der Waals surface area (Å²) in [6.45, 7) is 4.23. The fourth-order valence-corrected chi connectivity index (χ4v) is 2.67. The van der Waals surface area contributed by atoms with Crippen molar-refractivity contribution < 1.29 is 13.5 Å². The maximum atomic E-state index is 13.2. The number of benzene rings is 1. The molecule has 2 heterocycles. The van der Waals surface area contributed by atoms with Crippen molar-refractivity contribution in [3.8, 4) is 6.01 Å². The number of ether oxygens (including phenoxy) is 1. The minimum Gasteiger partial charge on any atom is -0.460 e. The van der Waals surface area contributed by atoms with Gasteiger partial charge >= 0.3 is 6.01 Å². The summed E-state index contributed by atoms with van der Waals surface area (Å²) in [5, 5.41) is 0. The molecule has 1 aromatic heterocycles. The Morgan fingerprint density at radius 2 is 1.83 bits per heavy atom. The van der Waals surface area contributed by atoms with E-state index in [2.05, 4.69) is 14.9 Å². The monoisotopic (exact) mass is 319 g/mol. The van der Waals surface area contributed by atoms with Crippen LogP contribution in [0.4, 0.5) is 8.78 Å². The zero-order valence-corrected chi connectivity index (χ0v) is 13.0. The van der Waals surface area contributed by atoms with E-state index in [0.29, 0.717) is 12.6 Å². The van der Waals surface area contributed by atoms with E-state index in [1.807, 2.05) is 6.92 Å². The lowest BCUT2D eigenvalue weighted by Crippen LogP contribution is -2.38. The van der Waals surface area contributed by atoms with Crippen molar-refractivity contribution in [3.05, 3.63) is 53.4 Å². The standard InChI is InChI=1S/C17H19F2N3O/c1-12-9-20-17(21-10-12)23-14-4-6-22(7-5-14)11-13-2-3-15(18)16(19)8-13/h2-3,8-10,14H,4-7,11H2,1H3. The Kier molecular flexibility index (Phi) is 4.81. The van der Waals surface area contributed by atoms with E-state index >= 15 is 0 Å². The predicted molar refractivity (Wildman–Crippen MR) is 82.1 cm³/mol. The number of halogens is 2. The summed E-state index contributed by atoms with van der Waals surface area (Å²) in [5.74, 6) is -1.60. The molecule has 1 aliphatic rings. The van der Waals surface area contributed by atoms with Gasteiger partial charge in [-0.15, -0.1) is 0 Å². The highest BCUT2D eigenvalue weighted by Crippen LogP contribution is 2.18. The molecule has 0 saturated carbocycles. The maximum Gasteiger partial charge on any atom is 0.316 e. The first kappa shape index (κ1) is 15.8. The van der Waals surface area contributed by atoms with E-state index in [1.54, 1.807) is 18.5 Å². The largest absolute Gasteiger partial charge is 0.460 e. The van der Waals surface area contributed by atoms with Crippen molar-refractivity contribution in [1.82, 2.24) is 14.9 Å². The smallest absolute Gasteiger partial charge is 0.316 e. The molecular weight excluding hydrogens is 300 g/mol. The number of hydrogen-bond acceptors (Lipinski definition) is 4. The lowest BCUT2D eigenvalue weighted by atomic mass is 10.1. The molecule has 1 fully saturated rings. The van der Waals surface area contributed by atoms with Crippen LogP contribution in [0.25, 0.3) is 0 Å². The van der Waals surface area contributed by atoms with Crippen LogP contribution >= 0.6 is 0 Å². The van der Waals surface area contributed by atoms with Crippen LogP contribution in [0.1, 0.15) is 24.0 Å². The minimum atomic E-state index is -0.807. The van der Waals surface area contributed by atoms with E-state index < -0.39 is 11.6 Å². The molecule has 1 aromatic carbocycles. The lowest BCUT2D eigenvalue weighted by molar-refractivity contribution is 0.0891. The number of aromatic nitrogens is 2. The van der Waals surface area contributed by atoms with Gasteiger partial charge in [0, 0.05) is 32.0 Å². The molecule has 1 saturated heterocycles. The number of hydrogen-bond donors (Lipinski definition) is 0. The molecule has 3 rings (SSSR count). The Hall–Kier alpha value is -2.08. The average Bonchev–Trinajstić information content (AvgIpc) is 2.55. The Bertz CT molecular complexity index is 655. The van der Waals surface area contributed by atoms with Crippen molar-refractivity contribution in [3.63, 3.8) is 0 Å². The molecule has 0 aliphatic carbocycles. The number of piperidine rings is 1. The second-order valence-electron chi connectivity index (χ2n) is 5.88. The van der Waals surface area contributed by atoms with Crippen LogP contribution in [-0.2, 0) is 6.54 Å². The highest BCUT2D eigenvalue weighted by atomic mass is 19.2. The molecule has 122 valence electrons. The van der Waals surface area contributed by atoms with Crippen LogP contribution in [0.15, 0.2) is 30.6 Å². The Morgan fingerprint density at radius 1 is 1.13 bits per heavy atom. The van der Waals surface area contributed by atoms with Gasteiger partial charge in [0.1, 0.15) is 6.10 Å². The molecule has 6 heteroatoms. The van der Waals surface area contributed by atoms with E-state index in [4.69, 9.17) is 4.74 Å². The van der Waals surface area contributed by atoms with Gasteiger partial charge in [0.2, 0.25) is 0 Å². The molecule has 0 spiro atoms. The average molecular weight is 319 g/mol. The van der Waals surface area contributed by atoms with Gasteiger partial charge in [0.05, 0.1) is 0 Å². The van der Waals surface area contributed by atoms with Crippen LogP contribution in [-0.4, -0.2) is 34.1 Å². The first-order chi connectivity index (χ1) is 11.1. The summed E-state index contributed by atoms with van der Waals surface area (Å²) >= 11 is 0. The van der Waals surface area contributed by atoms with E-state index in [1.165, 1.54) is 12.1 Å². The normalized spacial score (nSPS) is 16.5. The Morgan fingerprint density at radius 3 is 2.48 bits per heavy atom. The van der Waals surface area contributed by atoms with Crippen molar-refractivity contribution in [2.45, 2.75) is 32.4 Å². The first-order valence-electron chi connectivity index (χ1n) is 7.72. The molecule has 0 N–H and O–H groups in total. The van der Waals surface area contributed by atoms with Crippen molar-refractivity contribution in [2.24, 2.45) is 0 Å². The maximum absolute atomic E-state index is 13.2. The van der Waals surface area contributed by atoms with E-state index in [9.17, 15) is 8.78 Å². The van der Waals surface area contributed by atoms with Crippen molar-refractivity contribution >= 4 is 0 Å². The molecule has 0 unspecified atom stereocenters. The van der Waals surface area contributed by atoms with Gasteiger partial charge in [0.25, 0.3) is 0 Å². The molecule has 2 aromatic rings. The summed E-state index contributed by atoms with van der Waals surface area (Å²) in [6, 6.07) is 4.48. The number of likely N-dealkylation sites (tertiary alicyclic amines) is 1. The fourth-order valence-electron chi connectivity index (χ4n) is 2.67. The van der Waals surface area contributed by atoms with Crippen molar-refractivity contribution in [2.75, 3.05) is 13.1 Å². The number of nitrogens with zero attached hydrogens (tertiary/aromatic N) is 3. The van der Waals surface area contributed by atoms with Gasteiger partial charge in [-0.05, 0) is 43.0 Å². The summed E-state index contributed by atoms with van der Waals surface area (Å²) < 4.78 is 32.0. The minimum absolute atomic E-state index is 0.0962. The summed E-state index contributed by atoms with van der Waals surface area (Å²) in [5.41, 5.74) is 1.78. The third-order valence-electron chi connectivity index (χ3n) is 3.95. The zero-order chi connectivity index (χ0) is 16.2. The third-order valence-corrected chi connectivity index (χ3v) is 3.95. The Labute approximate surface area is 134 Å². The van der Waals surface area contributed by atoms with E-state index in [-0.39, 0.29) is 6.10 Å². The first-order valence-corrected chi connectivity index (χ1v) is 7.72. The van der Waals surface area contributed by atoms with Crippen LogP contribution in [0.5, 0.6) is 6.01 Å². The zero-order valence-electron chi connectivity index (χ0n) is 13.0. The predicted octanol–water partition coefficient (Wildman–Crippen LogP) is 3.11. The van der Waals surface area contributed by atoms with E-state index in [0.717, 1.165) is 37.1 Å². The van der Waals surface area contributed by atoms with Gasteiger partial charge in [-0.25, -0.2) is 18.7 Å². The van der Waals surface area contributed by atoms with Gasteiger partial charge in [0.15, 0.2) is 11.6 Å². The summed E-state index contributed by atoms with van der Waals surface area (Å²) in [7, 11) is 0. The Balaban J connectivity index is 1.50. The third kappa shape index (κ3) is 4.22. The molecule has 0 bridgehead atoms. The molecule has 23 heavy (non-hydrogen) atoms. The summed E-state index contributed by atoms with van der Waals surface area (Å²) in [4.78, 5) is 10.5. The molecule has 4 nitrogen and oxygen atoms in total. The molecule has 0 atom stereocenters. The van der Waals surface area contributed by atoms with Gasteiger partial charge < -0.3 is 4.74 Å². The van der Waals surface area contributed by atoms with Crippen LogP contribution < -0.4 is 4.74 Å². The number of aryl methyl sites for hydroxylation is 1. The highest BCUT2D eigenvalue weighted by Gasteiger charge is 2.21. The molecule has 0 amide bonds. The topological polar surface area (TPSA) is 38.2 Å². The fraction of sp³-hybridized carbons (Fsp3) is 0.412. The second kappa shape index (κ2) is 7.00. The highest BCUT2D eigenvalue weighted by molar-refractivity contribution is 5.17. The molecular formula is C17H19F2N3O. The lowest BCUT2D eigenvalue weighted by Gasteiger charge is -2.31. The van der Waals surface area contributed by atoms with Gasteiger partial charge in [-0.1, -0.05) is 6.07 Å². The second-order valence-corrected chi connectivity index (χ2v) is 5.88. The summed E-state index contributed by atoms with van der Waals surface area (Å²) in [6.07, 6.45) is 5.29.